The van der Waals surface area contributed by atoms with Crippen LogP contribution in [0.1, 0.15) is 60.3 Å². The summed E-state index contributed by atoms with van der Waals surface area (Å²) in [5, 5.41) is 83.2. The maximum Gasteiger partial charge on any atom is 0.187 e. The Bertz CT molecular complexity index is 535. The molecule has 1 saturated heterocycles. The Morgan fingerprint density at radius 2 is 1.44 bits per heavy atom. The van der Waals surface area contributed by atoms with Crippen LogP contribution in [0.25, 0.3) is 0 Å². The smallest absolute Gasteiger partial charge is 0.187 e. The summed E-state index contributed by atoms with van der Waals surface area (Å²) < 4.78 is 11.9. The van der Waals surface area contributed by atoms with Crippen molar-refractivity contribution in [1.29, 1.82) is 0 Å². The van der Waals surface area contributed by atoms with E-state index in [4.69, 9.17) is 9.47 Å². The van der Waals surface area contributed by atoms with E-state index in [1.807, 2.05) is 0 Å². The molecule has 1 aliphatic rings. The molecule has 10 nitrogen and oxygen atoms in total. The molecule has 1 heterocycles. The van der Waals surface area contributed by atoms with Crippen LogP contribution >= 0.6 is 0 Å². The molecule has 0 aromatic rings. The molecule has 0 aliphatic carbocycles. The summed E-state index contributed by atoms with van der Waals surface area (Å²) in [5.41, 5.74) is -2.74. The Morgan fingerprint density at radius 1 is 0.906 bits per heavy atom. The molecule has 192 valence electrons. The largest absolute Gasteiger partial charge is 0.394 e. The van der Waals surface area contributed by atoms with Crippen LogP contribution in [0.4, 0.5) is 0 Å². The molecular weight excluding hydrogens is 424 g/mol. The highest BCUT2D eigenvalue weighted by Crippen LogP contribution is 2.42. The first kappa shape index (κ1) is 29.6. The molecule has 1 aliphatic heterocycles. The van der Waals surface area contributed by atoms with Crippen LogP contribution in [0.2, 0.25) is 0 Å². The molecule has 10 heteroatoms. The van der Waals surface area contributed by atoms with Crippen molar-refractivity contribution in [3.63, 3.8) is 0 Å². The van der Waals surface area contributed by atoms with Crippen molar-refractivity contribution < 1.29 is 50.3 Å². The van der Waals surface area contributed by atoms with Crippen molar-refractivity contribution in [3.8, 4) is 0 Å². The summed E-state index contributed by atoms with van der Waals surface area (Å²) in [6, 6.07) is 0. The maximum absolute atomic E-state index is 11.0. The molecule has 0 aromatic heterocycles. The van der Waals surface area contributed by atoms with Crippen LogP contribution in [0, 0.1) is 11.8 Å². The lowest BCUT2D eigenvalue weighted by Crippen LogP contribution is -2.65. The number of aliphatic hydroxyl groups excluding tert-OH is 7. The molecule has 9 unspecified atom stereocenters. The lowest BCUT2D eigenvalue weighted by molar-refractivity contribution is -0.348. The average molecular weight is 469 g/mol. The quantitative estimate of drug-likeness (QED) is 0.165. The topological polar surface area (TPSA) is 180 Å². The lowest BCUT2D eigenvalue weighted by atomic mass is 9.72. The molecule has 9 atom stereocenters. The monoisotopic (exact) mass is 468 g/mol. The summed E-state index contributed by atoms with van der Waals surface area (Å²) in [4.78, 5) is 0. The Kier molecular flexibility index (Phi) is 11.4. The van der Waals surface area contributed by atoms with Crippen LogP contribution in [-0.2, 0) is 9.47 Å². The van der Waals surface area contributed by atoms with E-state index in [1.165, 1.54) is 6.92 Å². The first-order valence-electron chi connectivity index (χ1n) is 11.6. The van der Waals surface area contributed by atoms with Gasteiger partial charge in [-0.15, -0.1) is 0 Å². The highest BCUT2D eigenvalue weighted by Gasteiger charge is 2.55. The standard InChI is InChI=1S/C22H44O10/c1-6-21(30,7-2)16-14(11-24)31-20(19(29)18(16)28)32-22(8-3,9-4)15(13(26)10-23)17(27)12(5)25/h12-20,23-30H,6-11H2,1-5H3. The van der Waals surface area contributed by atoms with Gasteiger partial charge in [-0.05, 0) is 32.6 Å². The summed E-state index contributed by atoms with van der Waals surface area (Å²) in [6.07, 6.45) is -8.79. The third-order valence-electron chi connectivity index (χ3n) is 7.35. The minimum atomic E-state index is -1.60. The molecule has 0 amide bonds. The van der Waals surface area contributed by atoms with Gasteiger partial charge in [0.25, 0.3) is 0 Å². The van der Waals surface area contributed by atoms with E-state index in [0.29, 0.717) is 0 Å². The molecule has 8 N–H and O–H groups in total. The number of hydrogen-bond acceptors (Lipinski definition) is 10. The van der Waals surface area contributed by atoms with Gasteiger partial charge in [0.05, 0.1) is 54.9 Å². The lowest BCUT2D eigenvalue weighted by Gasteiger charge is -2.52. The number of ether oxygens (including phenoxy) is 2. The van der Waals surface area contributed by atoms with Gasteiger partial charge in [-0.3, -0.25) is 0 Å². The molecule has 0 spiro atoms. The van der Waals surface area contributed by atoms with E-state index in [2.05, 4.69) is 0 Å². The van der Waals surface area contributed by atoms with Gasteiger partial charge in [0.1, 0.15) is 6.10 Å². The third-order valence-corrected chi connectivity index (χ3v) is 7.35. The zero-order valence-corrected chi connectivity index (χ0v) is 19.8. The molecule has 1 rings (SSSR count). The summed E-state index contributed by atoms with van der Waals surface area (Å²) >= 11 is 0. The number of rotatable bonds is 13. The zero-order chi connectivity index (χ0) is 24.9. The van der Waals surface area contributed by atoms with E-state index in [0.717, 1.165) is 0 Å². The first-order chi connectivity index (χ1) is 14.9. The molecule has 32 heavy (non-hydrogen) atoms. The second kappa shape index (κ2) is 12.3. The fraction of sp³-hybridized carbons (Fsp3) is 1.00. The SMILES string of the molecule is CCC(O)(CC)C1C(CO)OC(OC(CC)(CC)C(C(O)CO)C(O)C(C)O)C(O)C1O. The summed E-state index contributed by atoms with van der Waals surface area (Å²) in [6.45, 7) is 7.02. The predicted octanol–water partition coefficient (Wildman–Crippen LogP) is -1.12. The van der Waals surface area contributed by atoms with Crippen LogP contribution in [-0.4, -0.2) is 108 Å². The molecular formula is C22H44O10. The minimum absolute atomic E-state index is 0.207. The van der Waals surface area contributed by atoms with Gasteiger partial charge in [0.2, 0.25) is 0 Å². The Morgan fingerprint density at radius 3 is 1.81 bits per heavy atom. The van der Waals surface area contributed by atoms with E-state index < -0.39 is 79.2 Å². The second-order valence-corrected chi connectivity index (χ2v) is 8.94. The molecule has 1 fully saturated rings. The van der Waals surface area contributed by atoms with E-state index in [-0.39, 0.29) is 25.7 Å². The molecule has 0 saturated carbocycles. The van der Waals surface area contributed by atoms with Gasteiger partial charge in [0.15, 0.2) is 6.29 Å². The summed E-state index contributed by atoms with van der Waals surface area (Å²) in [5.74, 6) is -2.12. The van der Waals surface area contributed by atoms with Crippen molar-refractivity contribution in [3.05, 3.63) is 0 Å². The van der Waals surface area contributed by atoms with Gasteiger partial charge in [-0.1, -0.05) is 27.7 Å². The van der Waals surface area contributed by atoms with Crippen molar-refractivity contribution >= 4 is 0 Å². The van der Waals surface area contributed by atoms with E-state index in [9.17, 15) is 40.9 Å². The van der Waals surface area contributed by atoms with E-state index >= 15 is 0 Å². The predicted molar refractivity (Wildman–Crippen MR) is 115 cm³/mol. The fourth-order valence-electron chi connectivity index (χ4n) is 5.07. The first-order valence-corrected chi connectivity index (χ1v) is 11.6. The Hall–Kier alpha value is -0.400. The van der Waals surface area contributed by atoms with Crippen molar-refractivity contribution in [2.45, 2.75) is 114 Å². The van der Waals surface area contributed by atoms with Crippen LogP contribution in [0.3, 0.4) is 0 Å². The highest BCUT2D eigenvalue weighted by molar-refractivity contribution is 5.01. The Balaban J connectivity index is 3.35. The Labute approximate surface area is 190 Å². The van der Waals surface area contributed by atoms with Gasteiger partial charge >= 0.3 is 0 Å². The van der Waals surface area contributed by atoms with Crippen LogP contribution in [0.5, 0.6) is 0 Å². The fourth-order valence-corrected chi connectivity index (χ4v) is 5.07. The van der Waals surface area contributed by atoms with E-state index in [1.54, 1.807) is 27.7 Å². The van der Waals surface area contributed by atoms with Gasteiger partial charge in [-0.25, -0.2) is 0 Å². The van der Waals surface area contributed by atoms with Gasteiger partial charge in [0, 0.05) is 11.8 Å². The normalized spacial score (nSPS) is 31.2. The second-order valence-electron chi connectivity index (χ2n) is 8.94. The molecule has 0 bridgehead atoms. The number of hydrogen-bond donors (Lipinski definition) is 8. The van der Waals surface area contributed by atoms with Gasteiger partial charge in [-0.2, -0.15) is 0 Å². The van der Waals surface area contributed by atoms with Crippen LogP contribution < -0.4 is 0 Å². The average Bonchev–Trinajstić information content (AvgIpc) is 2.79. The van der Waals surface area contributed by atoms with Gasteiger partial charge < -0.3 is 50.3 Å². The molecule has 0 aromatic carbocycles. The van der Waals surface area contributed by atoms with Crippen molar-refractivity contribution in [2.24, 2.45) is 11.8 Å². The zero-order valence-electron chi connectivity index (χ0n) is 19.8. The number of aliphatic hydroxyl groups is 8. The van der Waals surface area contributed by atoms with Crippen molar-refractivity contribution in [1.82, 2.24) is 0 Å². The molecule has 0 radical (unpaired) electrons. The summed E-state index contributed by atoms with van der Waals surface area (Å²) in [7, 11) is 0. The maximum atomic E-state index is 11.0. The van der Waals surface area contributed by atoms with Crippen molar-refractivity contribution in [2.75, 3.05) is 13.2 Å². The van der Waals surface area contributed by atoms with Crippen LogP contribution in [0.15, 0.2) is 0 Å². The third kappa shape index (κ3) is 5.80. The highest BCUT2D eigenvalue weighted by atomic mass is 16.7. The minimum Gasteiger partial charge on any atom is -0.394 e.